The zero-order valence-corrected chi connectivity index (χ0v) is 17.2. The fraction of sp³-hybridized carbons (Fsp3) is 0.650. The molecule has 7 heteroatoms. The molecule has 0 spiro atoms. The third-order valence-corrected chi connectivity index (χ3v) is 6.27. The van der Waals surface area contributed by atoms with E-state index in [0.717, 1.165) is 36.0 Å². The van der Waals surface area contributed by atoms with Crippen LogP contribution in [0.2, 0.25) is 0 Å². The molecule has 2 atom stereocenters. The second kappa shape index (κ2) is 9.66. The number of carbonyl (C=O) groups is 1. The summed E-state index contributed by atoms with van der Waals surface area (Å²) in [5, 5.41) is 3.11. The van der Waals surface area contributed by atoms with Crippen molar-refractivity contribution in [3.8, 4) is 11.5 Å². The van der Waals surface area contributed by atoms with E-state index in [2.05, 4.69) is 30.1 Å². The van der Waals surface area contributed by atoms with Gasteiger partial charge < -0.3 is 19.5 Å². The first-order valence-electron chi connectivity index (χ1n) is 9.69. The first-order valence-corrected chi connectivity index (χ1v) is 10.8. The number of thioether (sulfide) groups is 1. The van der Waals surface area contributed by atoms with Gasteiger partial charge in [0.05, 0.1) is 25.3 Å². The highest BCUT2D eigenvalue weighted by molar-refractivity contribution is 8.00. The molecule has 1 fully saturated rings. The number of nitrogens with one attached hydrogen (secondary N) is 1. The monoisotopic (exact) mass is 394 g/mol. The van der Waals surface area contributed by atoms with E-state index in [1.807, 2.05) is 30.8 Å². The average molecular weight is 395 g/mol. The van der Waals surface area contributed by atoms with Crippen molar-refractivity contribution in [1.29, 1.82) is 0 Å². The molecule has 0 radical (unpaired) electrons. The Labute approximate surface area is 165 Å². The molecule has 0 saturated carbocycles. The summed E-state index contributed by atoms with van der Waals surface area (Å²) in [7, 11) is 0. The van der Waals surface area contributed by atoms with Crippen molar-refractivity contribution < 1.29 is 19.0 Å². The van der Waals surface area contributed by atoms with E-state index in [-0.39, 0.29) is 18.1 Å². The molecule has 0 bridgehead atoms. The van der Waals surface area contributed by atoms with E-state index in [1.165, 1.54) is 5.56 Å². The molecule has 2 aliphatic heterocycles. The first kappa shape index (κ1) is 20.3. The molecular weight excluding hydrogens is 364 g/mol. The maximum absolute atomic E-state index is 12.2. The van der Waals surface area contributed by atoms with Gasteiger partial charge in [-0.1, -0.05) is 13.0 Å². The summed E-state index contributed by atoms with van der Waals surface area (Å²) in [4.78, 5) is 14.5. The lowest BCUT2D eigenvalue weighted by Crippen LogP contribution is -2.50. The minimum absolute atomic E-state index is 0.0224. The number of fused-ring (bicyclic) bond motifs is 1. The third-order valence-electron chi connectivity index (χ3n) is 5.06. The lowest BCUT2D eigenvalue weighted by Gasteiger charge is -2.34. The van der Waals surface area contributed by atoms with Crippen molar-refractivity contribution >= 4 is 17.7 Å². The van der Waals surface area contributed by atoms with Crippen LogP contribution in [0.25, 0.3) is 0 Å². The van der Waals surface area contributed by atoms with Crippen LogP contribution in [0.5, 0.6) is 11.5 Å². The summed E-state index contributed by atoms with van der Waals surface area (Å²) in [6.07, 6.45) is 1.62. The molecule has 2 heterocycles. The molecule has 1 amide bonds. The Hall–Kier alpha value is -1.44. The summed E-state index contributed by atoms with van der Waals surface area (Å²) in [5.41, 5.74) is 1.20. The Morgan fingerprint density at radius 2 is 2.11 bits per heavy atom. The van der Waals surface area contributed by atoms with E-state index in [9.17, 15) is 4.79 Å². The van der Waals surface area contributed by atoms with Crippen molar-refractivity contribution in [2.45, 2.75) is 51.9 Å². The van der Waals surface area contributed by atoms with Crippen molar-refractivity contribution in [2.75, 3.05) is 31.5 Å². The Morgan fingerprint density at radius 1 is 1.33 bits per heavy atom. The minimum atomic E-state index is -0.0224. The van der Waals surface area contributed by atoms with Crippen molar-refractivity contribution in [3.05, 3.63) is 23.8 Å². The van der Waals surface area contributed by atoms with Gasteiger partial charge in [0.2, 0.25) is 12.7 Å². The van der Waals surface area contributed by atoms with Crippen LogP contribution in [0.1, 0.15) is 32.8 Å². The molecule has 1 N–H and O–H groups in total. The van der Waals surface area contributed by atoms with Gasteiger partial charge in [-0.2, -0.15) is 11.8 Å². The Kier molecular flexibility index (Phi) is 7.26. The van der Waals surface area contributed by atoms with Gasteiger partial charge in [0.1, 0.15) is 0 Å². The number of rotatable bonds is 10. The van der Waals surface area contributed by atoms with E-state index in [4.69, 9.17) is 14.2 Å². The fourth-order valence-corrected chi connectivity index (χ4v) is 4.13. The molecule has 6 nitrogen and oxygen atoms in total. The summed E-state index contributed by atoms with van der Waals surface area (Å²) < 4.78 is 16.5. The molecule has 2 aliphatic rings. The van der Waals surface area contributed by atoms with Gasteiger partial charge in [0, 0.05) is 17.5 Å². The maximum Gasteiger partial charge on any atom is 0.231 e. The number of nitrogens with zero attached hydrogens (tertiary/aromatic N) is 1. The molecule has 1 aromatic carbocycles. The van der Waals surface area contributed by atoms with Crippen LogP contribution in [-0.2, 0) is 16.0 Å². The van der Waals surface area contributed by atoms with Gasteiger partial charge in [-0.15, -0.1) is 0 Å². The molecular formula is C20H30N2O4S. The van der Waals surface area contributed by atoms with E-state index >= 15 is 0 Å². The standard InChI is InChI=1S/C20H30N2O4S/c1-4-22(15(3)21-20(23)7-8-24-17-11-27-12-17)14(2)9-16-5-6-18-19(10-16)26-13-25-18/h5-6,10,14-15,17H,4,7-9,11-13H2,1-3H3,(H,21,23). The lowest BCUT2D eigenvalue weighted by atomic mass is 10.0. The van der Waals surface area contributed by atoms with Crippen LogP contribution in [0, 0.1) is 0 Å². The second-order valence-electron chi connectivity index (χ2n) is 7.09. The zero-order valence-electron chi connectivity index (χ0n) is 16.4. The molecule has 0 aromatic heterocycles. The third kappa shape index (κ3) is 5.53. The highest BCUT2D eigenvalue weighted by Gasteiger charge is 2.22. The SMILES string of the molecule is CCN(C(C)Cc1ccc2c(c1)OCO2)C(C)NC(=O)CCOC1CSC1. The summed E-state index contributed by atoms with van der Waals surface area (Å²) in [6, 6.07) is 6.38. The van der Waals surface area contributed by atoms with Gasteiger partial charge in [-0.05, 0) is 44.5 Å². The zero-order chi connectivity index (χ0) is 19.2. The van der Waals surface area contributed by atoms with Crippen molar-refractivity contribution in [1.82, 2.24) is 10.2 Å². The van der Waals surface area contributed by atoms with Gasteiger partial charge in [-0.25, -0.2) is 0 Å². The van der Waals surface area contributed by atoms with Crippen molar-refractivity contribution in [2.24, 2.45) is 0 Å². The van der Waals surface area contributed by atoms with E-state index in [1.54, 1.807) is 0 Å². The second-order valence-corrected chi connectivity index (χ2v) is 8.17. The number of amides is 1. The maximum atomic E-state index is 12.2. The summed E-state index contributed by atoms with van der Waals surface area (Å²) >= 11 is 1.88. The molecule has 150 valence electrons. The smallest absolute Gasteiger partial charge is 0.231 e. The van der Waals surface area contributed by atoms with E-state index in [0.29, 0.717) is 25.9 Å². The Balaban J connectivity index is 1.46. The average Bonchev–Trinajstić information content (AvgIpc) is 3.05. The Bertz CT molecular complexity index is 638. The normalized spacial score (nSPS) is 18.2. The molecule has 0 aliphatic carbocycles. The van der Waals surface area contributed by atoms with Crippen LogP contribution in [0.15, 0.2) is 18.2 Å². The minimum Gasteiger partial charge on any atom is -0.454 e. The molecule has 1 aromatic rings. The predicted octanol–water partition coefficient (Wildman–Crippen LogP) is 2.65. The van der Waals surface area contributed by atoms with Crippen LogP contribution < -0.4 is 14.8 Å². The number of likely N-dealkylation sites (N-methyl/N-ethyl adjacent to an activating group) is 1. The highest BCUT2D eigenvalue weighted by Crippen LogP contribution is 2.33. The van der Waals surface area contributed by atoms with Crippen LogP contribution in [0.4, 0.5) is 0 Å². The quantitative estimate of drug-likeness (QED) is 0.616. The molecule has 27 heavy (non-hydrogen) atoms. The highest BCUT2D eigenvalue weighted by atomic mass is 32.2. The largest absolute Gasteiger partial charge is 0.454 e. The number of benzene rings is 1. The summed E-state index contributed by atoms with van der Waals surface area (Å²) in [5.74, 6) is 3.78. The number of hydrogen-bond acceptors (Lipinski definition) is 6. The summed E-state index contributed by atoms with van der Waals surface area (Å²) in [6.45, 7) is 8.01. The Morgan fingerprint density at radius 3 is 2.81 bits per heavy atom. The van der Waals surface area contributed by atoms with Crippen molar-refractivity contribution in [3.63, 3.8) is 0 Å². The van der Waals surface area contributed by atoms with Crippen LogP contribution >= 0.6 is 11.8 Å². The molecule has 2 unspecified atom stereocenters. The first-order chi connectivity index (χ1) is 13.1. The lowest BCUT2D eigenvalue weighted by molar-refractivity contribution is -0.124. The molecule has 1 saturated heterocycles. The molecule has 3 rings (SSSR count). The van der Waals surface area contributed by atoms with E-state index < -0.39 is 0 Å². The number of ether oxygens (including phenoxy) is 3. The van der Waals surface area contributed by atoms with Gasteiger partial charge in [0.15, 0.2) is 11.5 Å². The van der Waals surface area contributed by atoms with Gasteiger partial charge in [-0.3, -0.25) is 9.69 Å². The topological polar surface area (TPSA) is 60.0 Å². The van der Waals surface area contributed by atoms with Gasteiger partial charge >= 0.3 is 0 Å². The number of hydrogen-bond donors (Lipinski definition) is 1. The van der Waals surface area contributed by atoms with Crippen LogP contribution in [0.3, 0.4) is 0 Å². The van der Waals surface area contributed by atoms with Gasteiger partial charge in [0.25, 0.3) is 0 Å². The predicted molar refractivity (Wildman–Crippen MR) is 107 cm³/mol. The fourth-order valence-electron chi connectivity index (χ4n) is 3.51. The van der Waals surface area contributed by atoms with Crippen LogP contribution in [-0.4, -0.2) is 60.6 Å². The number of carbonyl (C=O) groups excluding carboxylic acids is 1.